The topological polar surface area (TPSA) is 71.2 Å². The predicted octanol–water partition coefficient (Wildman–Crippen LogP) is 4.57. The van der Waals surface area contributed by atoms with Crippen molar-refractivity contribution in [2.45, 2.75) is 19.1 Å². The highest BCUT2D eigenvalue weighted by atomic mass is 35.5. The van der Waals surface area contributed by atoms with Crippen molar-refractivity contribution in [3.8, 4) is 11.8 Å². The van der Waals surface area contributed by atoms with Gasteiger partial charge in [0.15, 0.2) is 5.78 Å². The van der Waals surface area contributed by atoms with E-state index in [2.05, 4.69) is 22.1 Å². The summed E-state index contributed by atoms with van der Waals surface area (Å²) < 4.78 is 41.5. The molecule has 1 fully saturated rings. The monoisotopic (exact) mass is 512 g/mol. The van der Waals surface area contributed by atoms with Crippen LogP contribution in [0.3, 0.4) is 0 Å². The number of carbonyl (C=O) groups excluding carboxylic acids is 1. The Morgan fingerprint density at radius 1 is 1.08 bits per heavy atom. The van der Waals surface area contributed by atoms with Gasteiger partial charge in [0.25, 0.3) is 0 Å². The molecular formula is C27H24ClF3N4O. The van der Waals surface area contributed by atoms with Gasteiger partial charge in [-0.05, 0) is 47.5 Å². The molecule has 1 aliphatic heterocycles. The minimum atomic E-state index is -4.51. The molecule has 4 rings (SSSR count). The Morgan fingerprint density at radius 3 is 2.56 bits per heavy atom. The molecule has 5 nitrogen and oxygen atoms in total. The maximum absolute atomic E-state index is 13.8. The number of alkyl halides is 3. The third-order valence-corrected chi connectivity index (χ3v) is 6.24. The third kappa shape index (κ3) is 6.43. The zero-order valence-electron chi connectivity index (χ0n) is 19.3. The first-order chi connectivity index (χ1) is 17.2. The van der Waals surface area contributed by atoms with E-state index in [1.54, 1.807) is 30.5 Å². The van der Waals surface area contributed by atoms with Gasteiger partial charge in [-0.15, -0.1) is 0 Å². The highest BCUT2D eigenvalue weighted by molar-refractivity contribution is 6.31. The fourth-order valence-electron chi connectivity index (χ4n) is 3.99. The molecule has 2 aromatic carbocycles. The van der Waals surface area contributed by atoms with Crippen LogP contribution in [-0.4, -0.2) is 41.8 Å². The van der Waals surface area contributed by atoms with Gasteiger partial charge in [0.2, 0.25) is 0 Å². The fraction of sp³-hybridized carbons (Fsp3) is 0.259. The molecule has 0 saturated carbocycles. The van der Waals surface area contributed by atoms with E-state index in [1.807, 2.05) is 4.90 Å². The van der Waals surface area contributed by atoms with Crippen molar-refractivity contribution in [1.29, 1.82) is 0 Å². The molecule has 0 unspecified atom stereocenters. The average Bonchev–Trinajstić information content (AvgIpc) is 2.85. The van der Waals surface area contributed by atoms with E-state index < -0.39 is 11.7 Å². The molecule has 0 amide bonds. The molecule has 3 N–H and O–H groups in total. The summed E-state index contributed by atoms with van der Waals surface area (Å²) in [7, 11) is 0. The summed E-state index contributed by atoms with van der Waals surface area (Å²) in [5, 5.41) is 3.54. The first-order valence-corrected chi connectivity index (χ1v) is 11.8. The molecule has 0 atom stereocenters. The second-order valence-corrected chi connectivity index (χ2v) is 8.90. The molecule has 9 heteroatoms. The molecule has 2 heterocycles. The van der Waals surface area contributed by atoms with E-state index in [-0.39, 0.29) is 30.1 Å². The summed E-state index contributed by atoms with van der Waals surface area (Å²) in [5.74, 6) is 5.71. The fourth-order valence-corrected chi connectivity index (χ4v) is 4.15. The molecular weight excluding hydrogens is 489 g/mol. The van der Waals surface area contributed by atoms with Crippen molar-refractivity contribution in [2.24, 2.45) is 0 Å². The summed E-state index contributed by atoms with van der Waals surface area (Å²) >= 11 is 6.24. The minimum absolute atomic E-state index is 0.180. The van der Waals surface area contributed by atoms with Crippen LogP contribution < -0.4 is 11.1 Å². The summed E-state index contributed by atoms with van der Waals surface area (Å²) in [6.07, 6.45) is -3.14. The smallest absolute Gasteiger partial charge is 0.383 e. The SMILES string of the molecule is Nc1ncccc1C#Cc1cc(C(=O)Cc2ccc(CN3CCNCC3)c(C(F)(F)F)c2)ccc1Cl. The van der Waals surface area contributed by atoms with Gasteiger partial charge >= 0.3 is 6.18 Å². The highest BCUT2D eigenvalue weighted by Crippen LogP contribution is 2.34. The Balaban J connectivity index is 1.55. The number of hydrogen-bond donors (Lipinski definition) is 2. The Kier molecular flexibility index (Phi) is 7.94. The maximum atomic E-state index is 13.8. The molecule has 0 spiro atoms. The van der Waals surface area contributed by atoms with Crippen LogP contribution in [0.4, 0.5) is 19.0 Å². The van der Waals surface area contributed by atoms with Crippen LogP contribution in [0.25, 0.3) is 0 Å². The molecule has 1 saturated heterocycles. The van der Waals surface area contributed by atoms with Gasteiger partial charge in [-0.2, -0.15) is 13.2 Å². The maximum Gasteiger partial charge on any atom is 0.416 e. The number of rotatable bonds is 5. The Labute approximate surface area is 212 Å². The number of benzene rings is 2. The van der Waals surface area contributed by atoms with Crippen LogP contribution in [0.2, 0.25) is 5.02 Å². The summed E-state index contributed by atoms with van der Waals surface area (Å²) in [6.45, 7) is 3.08. The molecule has 36 heavy (non-hydrogen) atoms. The van der Waals surface area contributed by atoms with Crippen molar-refractivity contribution >= 4 is 23.2 Å². The van der Waals surface area contributed by atoms with E-state index in [4.69, 9.17) is 17.3 Å². The van der Waals surface area contributed by atoms with E-state index in [0.717, 1.165) is 19.2 Å². The second kappa shape index (κ2) is 11.1. The van der Waals surface area contributed by atoms with Gasteiger partial charge in [-0.1, -0.05) is 35.6 Å². The Hall–Kier alpha value is -3.38. The normalized spacial score (nSPS) is 14.2. The lowest BCUT2D eigenvalue weighted by Gasteiger charge is -2.28. The van der Waals surface area contributed by atoms with Gasteiger partial charge < -0.3 is 11.1 Å². The zero-order valence-corrected chi connectivity index (χ0v) is 20.1. The zero-order chi connectivity index (χ0) is 25.7. The highest BCUT2D eigenvalue weighted by Gasteiger charge is 2.34. The number of nitrogens with one attached hydrogen (secondary N) is 1. The van der Waals surface area contributed by atoms with Gasteiger partial charge in [0.1, 0.15) is 5.82 Å². The summed E-state index contributed by atoms with van der Waals surface area (Å²) in [5.41, 5.74) is 6.84. The lowest BCUT2D eigenvalue weighted by Crippen LogP contribution is -2.43. The van der Waals surface area contributed by atoms with Crippen molar-refractivity contribution in [2.75, 3.05) is 31.9 Å². The molecule has 0 bridgehead atoms. The molecule has 186 valence electrons. The molecule has 1 aliphatic rings. The van der Waals surface area contributed by atoms with E-state index in [0.29, 0.717) is 40.4 Å². The average molecular weight is 513 g/mol. The first-order valence-electron chi connectivity index (χ1n) is 11.4. The number of aromatic nitrogens is 1. The van der Waals surface area contributed by atoms with Crippen LogP contribution in [-0.2, 0) is 19.1 Å². The standard InChI is InChI=1S/C27H24ClF3N4O/c28-24-8-7-21(16-20(24)6-5-19-2-1-9-34-26(19)32)25(36)15-18-3-4-22(23(14-18)27(29,30)31)17-35-12-10-33-11-13-35/h1-4,7-9,14,16,33H,10-13,15,17H2,(H2,32,34). The van der Waals surface area contributed by atoms with E-state index in [1.165, 1.54) is 18.2 Å². The molecule has 3 aromatic rings. The number of ketones is 1. The number of Topliss-reactive ketones (excluding diaryl/α,β-unsaturated/α-hetero) is 1. The second-order valence-electron chi connectivity index (χ2n) is 8.50. The lowest BCUT2D eigenvalue weighted by atomic mass is 9.97. The largest absolute Gasteiger partial charge is 0.416 e. The number of halogens is 4. The Bertz CT molecular complexity index is 1320. The van der Waals surface area contributed by atoms with Crippen LogP contribution >= 0.6 is 11.6 Å². The van der Waals surface area contributed by atoms with Crippen LogP contribution in [0.15, 0.2) is 54.7 Å². The van der Waals surface area contributed by atoms with Crippen molar-refractivity contribution < 1.29 is 18.0 Å². The van der Waals surface area contributed by atoms with Gasteiger partial charge in [0, 0.05) is 56.5 Å². The number of hydrogen-bond acceptors (Lipinski definition) is 5. The third-order valence-electron chi connectivity index (χ3n) is 5.91. The predicted molar refractivity (Wildman–Crippen MR) is 134 cm³/mol. The van der Waals surface area contributed by atoms with Crippen LogP contribution in [0, 0.1) is 11.8 Å². The quantitative estimate of drug-likeness (QED) is 0.387. The molecule has 0 aliphatic carbocycles. The van der Waals surface area contributed by atoms with Crippen molar-refractivity contribution in [1.82, 2.24) is 15.2 Å². The number of carbonyl (C=O) groups is 1. The van der Waals surface area contributed by atoms with Crippen molar-refractivity contribution in [3.05, 3.63) is 93.1 Å². The number of anilines is 1. The lowest BCUT2D eigenvalue weighted by molar-refractivity contribution is -0.138. The number of nitrogens with zero attached hydrogens (tertiary/aromatic N) is 2. The number of piperazine rings is 1. The van der Waals surface area contributed by atoms with Gasteiger partial charge in [0.05, 0.1) is 16.1 Å². The van der Waals surface area contributed by atoms with Crippen LogP contribution in [0.1, 0.15) is 38.2 Å². The van der Waals surface area contributed by atoms with E-state index >= 15 is 0 Å². The number of nitrogen functional groups attached to an aromatic ring is 1. The summed E-state index contributed by atoms with van der Waals surface area (Å²) in [6, 6.07) is 12.2. The number of nitrogens with two attached hydrogens (primary N) is 1. The molecule has 0 radical (unpaired) electrons. The van der Waals surface area contributed by atoms with Gasteiger partial charge in [-0.3, -0.25) is 9.69 Å². The first kappa shape index (κ1) is 25.7. The van der Waals surface area contributed by atoms with Crippen LogP contribution in [0.5, 0.6) is 0 Å². The minimum Gasteiger partial charge on any atom is -0.383 e. The van der Waals surface area contributed by atoms with Crippen molar-refractivity contribution in [3.63, 3.8) is 0 Å². The molecule has 1 aromatic heterocycles. The van der Waals surface area contributed by atoms with Gasteiger partial charge in [-0.25, -0.2) is 4.98 Å². The summed E-state index contributed by atoms with van der Waals surface area (Å²) in [4.78, 5) is 18.9. The van der Waals surface area contributed by atoms with E-state index in [9.17, 15) is 18.0 Å². The Morgan fingerprint density at radius 2 is 1.83 bits per heavy atom. The number of pyridine rings is 1.